The molecule has 0 heterocycles. The van der Waals surface area contributed by atoms with Crippen LogP contribution >= 0.6 is 0 Å². The molecule has 0 aromatic heterocycles. The quantitative estimate of drug-likeness (QED) is 0.0245. The predicted octanol–water partition coefficient (Wildman–Crippen LogP) is 17.2. The summed E-state index contributed by atoms with van der Waals surface area (Å²) >= 11 is 0. The summed E-state index contributed by atoms with van der Waals surface area (Å²) in [6.07, 6.45) is 65.6. The Kier molecular flexibility index (Phi) is 50.6. The van der Waals surface area contributed by atoms with Crippen LogP contribution in [0.5, 0.6) is 0 Å². The summed E-state index contributed by atoms with van der Waals surface area (Å²) in [7, 11) is 0. The molecule has 3 unspecified atom stereocenters. The molecule has 1 amide bonds. The van der Waals surface area contributed by atoms with Crippen molar-refractivity contribution in [1.82, 2.24) is 5.32 Å². The van der Waals surface area contributed by atoms with Gasteiger partial charge in [-0.05, 0) is 70.6 Å². The van der Waals surface area contributed by atoms with E-state index in [-0.39, 0.29) is 24.9 Å². The van der Waals surface area contributed by atoms with Crippen LogP contribution in [-0.2, 0) is 14.3 Å². The van der Waals surface area contributed by atoms with E-state index in [4.69, 9.17) is 4.74 Å². The lowest BCUT2D eigenvalue weighted by atomic mass is 10.0. The van der Waals surface area contributed by atoms with E-state index in [1.54, 1.807) is 0 Å². The van der Waals surface area contributed by atoms with Gasteiger partial charge in [0.05, 0.1) is 25.2 Å². The van der Waals surface area contributed by atoms with Gasteiger partial charge in [0.15, 0.2) is 0 Å². The molecular weight excluding hydrogens is 803 g/mol. The topological polar surface area (TPSA) is 95.9 Å². The molecule has 378 valence electrons. The van der Waals surface area contributed by atoms with Gasteiger partial charge < -0.3 is 20.3 Å². The summed E-state index contributed by atoms with van der Waals surface area (Å²) in [5.74, 6) is -0.498. The number of hydrogen-bond donors (Lipinski definition) is 3. The summed E-state index contributed by atoms with van der Waals surface area (Å²) < 4.78 is 5.95. The van der Waals surface area contributed by atoms with E-state index in [1.165, 1.54) is 148 Å². The van der Waals surface area contributed by atoms with Crippen molar-refractivity contribution in [3.8, 4) is 0 Å². The highest BCUT2D eigenvalue weighted by molar-refractivity contribution is 5.77. The Bertz CT molecular complexity index is 1160. The number of allylic oxidation sites excluding steroid dienone is 10. The molecule has 0 spiro atoms. The lowest BCUT2D eigenvalue weighted by Crippen LogP contribution is -2.46. The van der Waals surface area contributed by atoms with Crippen LogP contribution in [0.25, 0.3) is 0 Å². The average Bonchev–Trinajstić information content (AvgIpc) is 3.30. The SMILES string of the molecule is CC/C=C/C=C/C=C/C=C\CCCCCCCC(=O)OC(CCCCCCCCC/C=C/CCCCCCCC)CC(=O)NC(CO)C(O)CCCCCCCCCCCCCCCC. The average molecular weight is 911 g/mol. The fraction of sp³-hybridized carbons (Fsp3) is 0.797. The fourth-order valence-corrected chi connectivity index (χ4v) is 8.44. The van der Waals surface area contributed by atoms with Gasteiger partial charge in [-0.2, -0.15) is 0 Å². The molecule has 3 N–H and O–H groups in total. The monoisotopic (exact) mass is 910 g/mol. The van der Waals surface area contributed by atoms with Gasteiger partial charge in [0, 0.05) is 6.42 Å². The van der Waals surface area contributed by atoms with E-state index in [9.17, 15) is 19.8 Å². The van der Waals surface area contributed by atoms with Gasteiger partial charge in [0.2, 0.25) is 5.91 Å². The Hall–Kier alpha value is -2.44. The first-order valence-electron chi connectivity index (χ1n) is 28.1. The Morgan fingerprint density at radius 2 is 0.846 bits per heavy atom. The van der Waals surface area contributed by atoms with Crippen molar-refractivity contribution in [3.05, 3.63) is 60.8 Å². The van der Waals surface area contributed by atoms with Crippen LogP contribution in [0.15, 0.2) is 60.8 Å². The van der Waals surface area contributed by atoms with Crippen molar-refractivity contribution in [3.63, 3.8) is 0 Å². The maximum absolute atomic E-state index is 13.3. The molecule has 0 saturated carbocycles. The normalized spacial score (nSPS) is 13.6. The van der Waals surface area contributed by atoms with Crippen molar-refractivity contribution in [2.24, 2.45) is 0 Å². The van der Waals surface area contributed by atoms with Crippen LogP contribution in [0.1, 0.15) is 278 Å². The molecule has 6 heteroatoms. The van der Waals surface area contributed by atoms with Crippen LogP contribution in [0.3, 0.4) is 0 Å². The number of hydrogen-bond acceptors (Lipinski definition) is 5. The second-order valence-electron chi connectivity index (χ2n) is 19.0. The molecule has 0 radical (unpaired) electrons. The van der Waals surface area contributed by atoms with E-state index in [2.05, 4.69) is 68.6 Å². The Morgan fingerprint density at radius 1 is 0.462 bits per heavy atom. The number of aliphatic hydroxyl groups is 2. The third-order valence-corrected chi connectivity index (χ3v) is 12.7. The van der Waals surface area contributed by atoms with Gasteiger partial charge >= 0.3 is 5.97 Å². The minimum absolute atomic E-state index is 0.0646. The minimum atomic E-state index is -0.795. The van der Waals surface area contributed by atoms with E-state index >= 15 is 0 Å². The first kappa shape index (κ1) is 62.6. The summed E-state index contributed by atoms with van der Waals surface area (Å²) in [6.45, 7) is 6.36. The Morgan fingerprint density at radius 3 is 1.31 bits per heavy atom. The maximum atomic E-state index is 13.3. The molecule has 0 aliphatic carbocycles. The number of carbonyl (C=O) groups is 2. The Labute approximate surface area is 403 Å². The van der Waals surface area contributed by atoms with Crippen molar-refractivity contribution >= 4 is 11.9 Å². The smallest absolute Gasteiger partial charge is 0.306 e. The third kappa shape index (κ3) is 47.8. The van der Waals surface area contributed by atoms with Crippen molar-refractivity contribution in [1.29, 1.82) is 0 Å². The first-order chi connectivity index (χ1) is 32.0. The first-order valence-corrected chi connectivity index (χ1v) is 28.1. The van der Waals surface area contributed by atoms with Crippen molar-refractivity contribution in [2.75, 3.05) is 6.61 Å². The number of nitrogens with one attached hydrogen (secondary N) is 1. The second kappa shape index (κ2) is 52.5. The number of unbranched alkanes of at least 4 members (excludes halogenated alkanes) is 31. The van der Waals surface area contributed by atoms with Crippen molar-refractivity contribution < 1.29 is 24.5 Å². The van der Waals surface area contributed by atoms with Crippen LogP contribution in [0.2, 0.25) is 0 Å². The number of esters is 1. The lowest BCUT2D eigenvalue weighted by Gasteiger charge is -2.24. The highest BCUT2D eigenvalue weighted by atomic mass is 16.5. The number of rotatable bonds is 50. The van der Waals surface area contributed by atoms with Crippen LogP contribution in [-0.4, -0.2) is 46.9 Å². The van der Waals surface area contributed by atoms with Gasteiger partial charge in [-0.15, -0.1) is 0 Å². The summed E-state index contributed by atoms with van der Waals surface area (Å²) in [5, 5.41) is 23.9. The van der Waals surface area contributed by atoms with Gasteiger partial charge in [-0.25, -0.2) is 0 Å². The third-order valence-electron chi connectivity index (χ3n) is 12.7. The zero-order valence-electron chi connectivity index (χ0n) is 43.1. The fourth-order valence-electron chi connectivity index (χ4n) is 8.44. The molecule has 0 aliphatic rings. The number of amides is 1. The van der Waals surface area contributed by atoms with Crippen molar-refractivity contribution in [2.45, 2.75) is 296 Å². The highest BCUT2D eigenvalue weighted by Crippen LogP contribution is 2.18. The Balaban J connectivity index is 4.61. The van der Waals surface area contributed by atoms with Crippen LogP contribution in [0, 0.1) is 0 Å². The molecule has 3 atom stereocenters. The summed E-state index contributed by atoms with van der Waals surface area (Å²) in [6, 6.07) is -0.710. The predicted molar refractivity (Wildman–Crippen MR) is 282 cm³/mol. The molecular formula is C59H107NO5. The maximum Gasteiger partial charge on any atom is 0.306 e. The molecule has 0 aliphatic heterocycles. The van der Waals surface area contributed by atoms with E-state index in [1.807, 2.05) is 18.2 Å². The van der Waals surface area contributed by atoms with Crippen LogP contribution in [0.4, 0.5) is 0 Å². The highest BCUT2D eigenvalue weighted by Gasteiger charge is 2.24. The largest absolute Gasteiger partial charge is 0.462 e. The van der Waals surface area contributed by atoms with E-state index in [0.717, 1.165) is 83.5 Å². The molecule has 0 bridgehead atoms. The molecule has 0 rings (SSSR count). The zero-order valence-corrected chi connectivity index (χ0v) is 43.1. The standard InChI is InChI=1S/C59H107NO5/c1-4-7-10-13-16-19-22-25-28-29-31-32-35-38-41-44-47-50-55(65-59(64)52-49-46-43-40-37-34-30-26-23-20-17-14-11-8-5-2)53-58(63)60-56(54-61)57(62)51-48-45-42-39-36-33-27-24-21-18-15-12-9-6-3/h8,11,14,17,20,23,25-26,28,30,55-57,61-62H,4-7,9-10,12-13,15-16,18-19,21-22,24,27,29,31-54H2,1-3H3,(H,60,63)/b11-8+,17-14+,23-20+,28-25+,30-26-. The van der Waals surface area contributed by atoms with Gasteiger partial charge in [-0.1, -0.05) is 255 Å². The zero-order chi connectivity index (χ0) is 47.4. The van der Waals surface area contributed by atoms with E-state index in [0.29, 0.717) is 19.3 Å². The number of aliphatic hydroxyl groups excluding tert-OH is 2. The van der Waals surface area contributed by atoms with Gasteiger partial charge in [-0.3, -0.25) is 9.59 Å². The second-order valence-corrected chi connectivity index (χ2v) is 19.0. The number of carbonyl (C=O) groups excluding carboxylic acids is 2. The minimum Gasteiger partial charge on any atom is -0.462 e. The summed E-state index contributed by atoms with van der Waals surface area (Å²) in [4.78, 5) is 26.2. The van der Waals surface area contributed by atoms with Crippen LogP contribution < -0.4 is 5.32 Å². The van der Waals surface area contributed by atoms with Gasteiger partial charge in [0.1, 0.15) is 6.10 Å². The lowest BCUT2D eigenvalue weighted by molar-refractivity contribution is -0.151. The molecule has 65 heavy (non-hydrogen) atoms. The molecule has 0 saturated heterocycles. The molecule has 0 aromatic rings. The molecule has 0 aromatic carbocycles. The van der Waals surface area contributed by atoms with E-state index < -0.39 is 18.2 Å². The molecule has 6 nitrogen and oxygen atoms in total. The summed E-state index contributed by atoms with van der Waals surface area (Å²) in [5.41, 5.74) is 0. The number of ether oxygens (including phenoxy) is 1. The van der Waals surface area contributed by atoms with Gasteiger partial charge in [0.25, 0.3) is 0 Å². The molecule has 0 fully saturated rings.